The van der Waals surface area contributed by atoms with Gasteiger partial charge in [-0.15, -0.1) is 0 Å². The number of hydrogen-bond donors (Lipinski definition) is 2. The highest BCUT2D eigenvalue weighted by Crippen LogP contribution is 2.16. The second-order valence-corrected chi connectivity index (χ2v) is 6.73. The molecule has 2 N–H and O–H groups in total. The lowest BCUT2D eigenvalue weighted by Gasteiger charge is -2.24. The average Bonchev–Trinajstić information content (AvgIpc) is 2.71. The average molecular weight is 418 g/mol. The number of nitriles is 1. The van der Waals surface area contributed by atoms with Gasteiger partial charge in [0.1, 0.15) is 12.6 Å². The Hall–Kier alpha value is -3.38. The van der Waals surface area contributed by atoms with Gasteiger partial charge in [-0.2, -0.15) is 18.4 Å². The molecule has 2 amide bonds. The van der Waals surface area contributed by atoms with E-state index in [4.69, 9.17) is 5.26 Å². The molecule has 0 aliphatic rings. The van der Waals surface area contributed by atoms with Crippen molar-refractivity contribution in [2.45, 2.75) is 25.7 Å². The molecule has 0 aliphatic carbocycles. The minimum Gasteiger partial charge on any atom is -0.343 e. The molecule has 30 heavy (non-hydrogen) atoms. The zero-order chi connectivity index (χ0) is 22.3. The van der Waals surface area contributed by atoms with Crippen LogP contribution in [0.15, 0.2) is 48.5 Å². The van der Waals surface area contributed by atoms with Gasteiger partial charge in [0.2, 0.25) is 5.91 Å². The Labute approximate surface area is 172 Å². The van der Waals surface area contributed by atoms with Gasteiger partial charge in [0.05, 0.1) is 17.3 Å². The standard InChI is InChI=1S/C21H21F3N4O2/c1-14(19(29)27-18-6-4-3-5-17(18)11-25)28(2)12-15-7-9-16(10-8-15)20(30)26-13-21(22,23)24/h3-10,14H,12-13H2,1-2H3,(H,26,30)(H,27,29)/t14-/m1/s1. The molecule has 0 bridgehead atoms. The summed E-state index contributed by atoms with van der Waals surface area (Å²) in [7, 11) is 1.74. The largest absolute Gasteiger partial charge is 0.405 e. The van der Waals surface area contributed by atoms with Gasteiger partial charge in [0.15, 0.2) is 0 Å². The summed E-state index contributed by atoms with van der Waals surface area (Å²) < 4.78 is 36.6. The van der Waals surface area contributed by atoms with E-state index in [9.17, 15) is 22.8 Å². The molecule has 0 saturated carbocycles. The van der Waals surface area contributed by atoms with Crippen LogP contribution >= 0.6 is 0 Å². The highest BCUT2D eigenvalue weighted by atomic mass is 19.4. The number of anilines is 1. The summed E-state index contributed by atoms with van der Waals surface area (Å²) in [5.74, 6) is -1.10. The number of nitrogens with one attached hydrogen (secondary N) is 2. The van der Waals surface area contributed by atoms with Crippen LogP contribution in [0.3, 0.4) is 0 Å². The zero-order valence-electron chi connectivity index (χ0n) is 16.5. The molecule has 0 saturated heterocycles. The third-order valence-electron chi connectivity index (χ3n) is 4.44. The Morgan fingerprint density at radius 3 is 2.37 bits per heavy atom. The van der Waals surface area contributed by atoms with Crippen molar-refractivity contribution in [2.75, 3.05) is 18.9 Å². The Kier molecular flexibility index (Phi) is 7.55. The van der Waals surface area contributed by atoms with Gasteiger partial charge < -0.3 is 10.6 Å². The molecule has 158 valence electrons. The molecule has 0 unspecified atom stereocenters. The van der Waals surface area contributed by atoms with Gasteiger partial charge in [-0.3, -0.25) is 14.5 Å². The first-order chi connectivity index (χ1) is 14.1. The predicted octanol–water partition coefficient (Wildman–Crippen LogP) is 3.31. The Balaban J connectivity index is 1.94. The number of hydrogen-bond acceptors (Lipinski definition) is 4. The Bertz CT molecular complexity index is 937. The molecule has 0 heterocycles. The van der Waals surface area contributed by atoms with Crippen molar-refractivity contribution in [1.82, 2.24) is 10.2 Å². The zero-order valence-corrected chi connectivity index (χ0v) is 16.5. The van der Waals surface area contributed by atoms with E-state index in [0.29, 0.717) is 17.8 Å². The summed E-state index contributed by atoms with van der Waals surface area (Å²) in [6.45, 7) is 0.695. The molecule has 2 rings (SSSR count). The molecule has 2 aromatic rings. The fraction of sp³-hybridized carbons (Fsp3) is 0.286. The van der Waals surface area contributed by atoms with Crippen molar-refractivity contribution in [3.63, 3.8) is 0 Å². The quantitative estimate of drug-likeness (QED) is 0.723. The van der Waals surface area contributed by atoms with E-state index in [1.807, 2.05) is 11.4 Å². The summed E-state index contributed by atoms with van der Waals surface area (Å²) in [4.78, 5) is 26.0. The van der Waals surface area contributed by atoms with Crippen LogP contribution in [0.4, 0.5) is 18.9 Å². The number of rotatable bonds is 7. The van der Waals surface area contributed by atoms with Crippen molar-refractivity contribution < 1.29 is 22.8 Å². The van der Waals surface area contributed by atoms with Crippen molar-refractivity contribution in [2.24, 2.45) is 0 Å². The van der Waals surface area contributed by atoms with Crippen molar-refractivity contribution in [1.29, 1.82) is 5.26 Å². The summed E-state index contributed by atoms with van der Waals surface area (Å²) in [6, 6.07) is 14.3. The molecule has 0 spiro atoms. The summed E-state index contributed by atoms with van der Waals surface area (Å²) in [6.07, 6.45) is -4.47. The number of alkyl halides is 3. The van der Waals surface area contributed by atoms with Crippen LogP contribution < -0.4 is 10.6 Å². The molecule has 0 aliphatic heterocycles. The molecule has 0 fully saturated rings. The summed E-state index contributed by atoms with van der Waals surface area (Å²) >= 11 is 0. The van der Waals surface area contributed by atoms with E-state index in [-0.39, 0.29) is 11.5 Å². The van der Waals surface area contributed by atoms with Gasteiger partial charge >= 0.3 is 6.18 Å². The van der Waals surface area contributed by atoms with E-state index < -0.39 is 24.7 Å². The van der Waals surface area contributed by atoms with Crippen molar-refractivity contribution in [3.05, 3.63) is 65.2 Å². The predicted molar refractivity (Wildman–Crippen MR) is 106 cm³/mol. The molecular weight excluding hydrogens is 397 g/mol. The number of benzene rings is 2. The van der Waals surface area contributed by atoms with E-state index >= 15 is 0 Å². The first-order valence-corrected chi connectivity index (χ1v) is 9.05. The molecule has 9 heteroatoms. The molecule has 1 atom stereocenters. The molecule has 0 aromatic heterocycles. The smallest absolute Gasteiger partial charge is 0.343 e. The van der Waals surface area contributed by atoms with E-state index in [1.165, 1.54) is 12.1 Å². The Morgan fingerprint density at radius 1 is 1.13 bits per heavy atom. The number of carbonyl (C=O) groups is 2. The normalized spacial score (nSPS) is 12.2. The maximum absolute atomic E-state index is 12.5. The van der Waals surface area contributed by atoms with E-state index in [0.717, 1.165) is 5.56 Å². The van der Waals surface area contributed by atoms with Crippen LogP contribution in [0.1, 0.15) is 28.4 Å². The second kappa shape index (κ2) is 9.89. The third kappa shape index (κ3) is 6.60. The third-order valence-corrected chi connectivity index (χ3v) is 4.44. The van der Waals surface area contributed by atoms with Gasteiger partial charge in [-0.05, 0) is 43.8 Å². The van der Waals surface area contributed by atoms with Crippen LogP contribution in [0.5, 0.6) is 0 Å². The monoisotopic (exact) mass is 418 g/mol. The lowest BCUT2D eigenvalue weighted by Crippen LogP contribution is -2.39. The number of amides is 2. The van der Waals surface area contributed by atoms with Gasteiger partial charge in [0, 0.05) is 12.1 Å². The number of nitrogens with zero attached hydrogens (tertiary/aromatic N) is 2. The van der Waals surface area contributed by atoms with Crippen molar-refractivity contribution in [3.8, 4) is 6.07 Å². The first kappa shape index (κ1) is 22.9. The summed E-state index contributed by atoms with van der Waals surface area (Å²) in [5, 5.41) is 13.7. The first-order valence-electron chi connectivity index (χ1n) is 9.05. The molecular formula is C21H21F3N4O2. The topological polar surface area (TPSA) is 85.2 Å². The summed E-state index contributed by atoms with van der Waals surface area (Å²) in [5.41, 5.74) is 1.69. The van der Waals surface area contributed by atoms with Gasteiger partial charge in [0.25, 0.3) is 5.91 Å². The minimum atomic E-state index is -4.47. The van der Waals surface area contributed by atoms with Crippen LogP contribution in [0.25, 0.3) is 0 Å². The number of halogens is 3. The van der Waals surface area contributed by atoms with Crippen LogP contribution in [0, 0.1) is 11.3 Å². The maximum Gasteiger partial charge on any atom is 0.405 e. The highest BCUT2D eigenvalue weighted by Gasteiger charge is 2.28. The van der Waals surface area contributed by atoms with Crippen LogP contribution in [-0.4, -0.2) is 42.5 Å². The molecule has 6 nitrogen and oxygen atoms in total. The second-order valence-electron chi connectivity index (χ2n) is 6.73. The van der Waals surface area contributed by atoms with E-state index in [1.54, 1.807) is 55.3 Å². The minimum absolute atomic E-state index is 0.115. The van der Waals surface area contributed by atoms with Crippen molar-refractivity contribution >= 4 is 17.5 Å². The van der Waals surface area contributed by atoms with E-state index in [2.05, 4.69) is 5.32 Å². The van der Waals surface area contributed by atoms with Crippen LogP contribution in [0.2, 0.25) is 0 Å². The lowest BCUT2D eigenvalue weighted by molar-refractivity contribution is -0.123. The van der Waals surface area contributed by atoms with Gasteiger partial charge in [-0.25, -0.2) is 0 Å². The highest BCUT2D eigenvalue weighted by molar-refractivity contribution is 5.95. The van der Waals surface area contributed by atoms with Gasteiger partial charge in [-0.1, -0.05) is 24.3 Å². The number of likely N-dealkylation sites (N-methyl/N-ethyl adjacent to an activating group) is 1. The molecule has 2 aromatic carbocycles. The van der Waals surface area contributed by atoms with Crippen LogP contribution in [-0.2, 0) is 11.3 Å². The Morgan fingerprint density at radius 2 is 1.77 bits per heavy atom. The number of carbonyl (C=O) groups excluding carboxylic acids is 2. The lowest BCUT2D eigenvalue weighted by atomic mass is 10.1. The fourth-order valence-corrected chi connectivity index (χ4v) is 2.60. The molecule has 0 radical (unpaired) electrons. The maximum atomic E-state index is 12.5. The SMILES string of the molecule is C[C@H](C(=O)Nc1ccccc1C#N)N(C)Cc1ccc(C(=O)NCC(F)(F)F)cc1. The fourth-order valence-electron chi connectivity index (χ4n) is 2.60. The number of para-hydroxylation sites is 1.